The van der Waals surface area contributed by atoms with E-state index < -0.39 is 17.8 Å². The first-order valence-corrected chi connectivity index (χ1v) is 12.6. The molecular formula is C28H37N3O6. The first kappa shape index (κ1) is 27.8. The normalized spacial score (nSPS) is 14.0. The van der Waals surface area contributed by atoms with Gasteiger partial charge in [0, 0.05) is 32.2 Å². The van der Waals surface area contributed by atoms with Gasteiger partial charge in [-0.15, -0.1) is 0 Å². The predicted molar refractivity (Wildman–Crippen MR) is 139 cm³/mol. The largest absolute Gasteiger partial charge is 0.445 e. The van der Waals surface area contributed by atoms with Crippen molar-refractivity contribution in [3.63, 3.8) is 0 Å². The van der Waals surface area contributed by atoms with Crippen LogP contribution in [-0.4, -0.2) is 65.9 Å². The fraction of sp³-hybridized carbons (Fsp3) is 0.464. The van der Waals surface area contributed by atoms with Gasteiger partial charge in [-0.2, -0.15) is 0 Å². The summed E-state index contributed by atoms with van der Waals surface area (Å²) in [5.74, 6) is 0. The Labute approximate surface area is 218 Å². The molecule has 2 aromatic rings. The average Bonchev–Trinajstić information content (AvgIpc) is 2.89. The van der Waals surface area contributed by atoms with Gasteiger partial charge in [0.25, 0.3) is 0 Å². The van der Waals surface area contributed by atoms with Crippen molar-refractivity contribution in [3.8, 4) is 0 Å². The molecule has 9 nitrogen and oxygen atoms in total. The molecule has 1 heterocycles. The maximum absolute atomic E-state index is 13.0. The van der Waals surface area contributed by atoms with Crippen LogP contribution in [0.25, 0.3) is 0 Å². The Morgan fingerprint density at radius 3 is 1.97 bits per heavy atom. The van der Waals surface area contributed by atoms with Gasteiger partial charge in [-0.1, -0.05) is 60.7 Å². The van der Waals surface area contributed by atoms with E-state index in [0.717, 1.165) is 11.1 Å². The molecule has 2 aromatic carbocycles. The number of benzene rings is 2. The molecule has 1 aliphatic rings. The summed E-state index contributed by atoms with van der Waals surface area (Å²) in [6.45, 7) is 7.13. The summed E-state index contributed by atoms with van der Waals surface area (Å²) in [5, 5.41) is 2.70. The van der Waals surface area contributed by atoms with Crippen LogP contribution in [0.5, 0.6) is 0 Å². The van der Waals surface area contributed by atoms with E-state index >= 15 is 0 Å². The van der Waals surface area contributed by atoms with Crippen molar-refractivity contribution in [3.05, 3.63) is 71.8 Å². The molecule has 0 spiro atoms. The number of alkyl carbamates (subject to hydrolysis) is 1. The van der Waals surface area contributed by atoms with Crippen molar-refractivity contribution < 1.29 is 28.6 Å². The second kappa shape index (κ2) is 13.5. The van der Waals surface area contributed by atoms with Gasteiger partial charge in [-0.05, 0) is 44.7 Å². The van der Waals surface area contributed by atoms with Gasteiger partial charge < -0.3 is 29.3 Å². The number of ether oxygens (including phenoxy) is 3. The molecular weight excluding hydrogens is 474 g/mol. The molecule has 0 aromatic heterocycles. The third kappa shape index (κ3) is 9.67. The average molecular weight is 512 g/mol. The minimum absolute atomic E-state index is 0.137. The minimum Gasteiger partial charge on any atom is -0.445 e. The van der Waals surface area contributed by atoms with Crippen molar-refractivity contribution >= 4 is 18.3 Å². The zero-order chi connectivity index (χ0) is 26.7. The van der Waals surface area contributed by atoms with Crippen LogP contribution in [-0.2, 0) is 27.4 Å². The molecule has 200 valence electrons. The summed E-state index contributed by atoms with van der Waals surface area (Å²) in [5.41, 5.74) is 1.20. The highest BCUT2D eigenvalue weighted by molar-refractivity contribution is 5.70. The van der Waals surface area contributed by atoms with Gasteiger partial charge in [0.15, 0.2) is 0 Å². The van der Waals surface area contributed by atoms with Crippen molar-refractivity contribution in [2.75, 3.05) is 26.2 Å². The molecule has 3 amide bonds. The number of likely N-dealkylation sites (tertiary alicyclic amines) is 1. The number of hydrogen-bond acceptors (Lipinski definition) is 6. The number of piperidine rings is 1. The lowest BCUT2D eigenvalue weighted by atomic mass is 10.0. The maximum atomic E-state index is 13.0. The smallest absolute Gasteiger partial charge is 0.410 e. The standard InChI is InChI=1S/C28H37N3O6/c1-28(2,3)37-25(32)29-16-19-31(27(34)36-21-23-12-8-5-9-13-23)24-14-17-30(18-15-24)26(33)35-20-22-10-6-4-7-11-22/h4-13,24H,14-21H2,1-3H3,(H,29,32). The molecule has 9 heteroatoms. The molecule has 37 heavy (non-hydrogen) atoms. The van der Waals surface area contributed by atoms with Gasteiger partial charge in [0.2, 0.25) is 0 Å². The van der Waals surface area contributed by atoms with Crippen LogP contribution in [0, 0.1) is 0 Å². The van der Waals surface area contributed by atoms with Crippen molar-refractivity contribution in [2.45, 2.75) is 58.5 Å². The maximum Gasteiger partial charge on any atom is 0.410 e. The Morgan fingerprint density at radius 1 is 0.892 bits per heavy atom. The Bertz CT molecular complexity index is 1000. The Kier molecular flexibility index (Phi) is 10.2. The molecule has 1 saturated heterocycles. The van der Waals surface area contributed by atoms with E-state index in [0.29, 0.717) is 25.9 Å². The van der Waals surface area contributed by atoms with Gasteiger partial charge >= 0.3 is 18.3 Å². The van der Waals surface area contributed by atoms with Crippen molar-refractivity contribution in [1.29, 1.82) is 0 Å². The second-order valence-corrected chi connectivity index (χ2v) is 9.92. The second-order valence-electron chi connectivity index (χ2n) is 9.92. The van der Waals surface area contributed by atoms with Gasteiger partial charge in [-0.25, -0.2) is 14.4 Å². The van der Waals surface area contributed by atoms with Crippen LogP contribution in [0.1, 0.15) is 44.7 Å². The number of carbonyl (C=O) groups is 3. The Balaban J connectivity index is 1.53. The summed E-state index contributed by atoms with van der Waals surface area (Å²) in [6, 6.07) is 18.8. The first-order valence-electron chi connectivity index (χ1n) is 12.6. The summed E-state index contributed by atoms with van der Waals surface area (Å²) in [7, 11) is 0. The molecule has 1 aliphatic heterocycles. The third-order valence-corrected chi connectivity index (χ3v) is 5.83. The van der Waals surface area contributed by atoms with Crippen LogP contribution < -0.4 is 5.32 Å². The predicted octanol–water partition coefficient (Wildman–Crippen LogP) is 4.95. The van der Waals surface area contributed by atoms with Crippen LogP contribution in [0.15, 0.2) is 60.7 Å². The first-order chi connectivity index (χ1) is 17.7. The molecule has 0 atom stereocenters. The van der Waals surface area contributed by atoms with Crippen molar-refractivity contribution in [1.82, 2.24) is 15.1 Å². The fourth-order valence-electron chi connectivity index (χ4n) is 3.99. The van der Waals surface area contributed by atoms with Crippen LogP contribution in [0.2, 0.25) is 0 Å². The zero-order valence-corrected chi connectivity index (χ0v) is 21.9. The summed E-state index contributed by atoms with van der Waals surface area (Å²) >= 11 is 0. The van der Waals surface area contributed by atoms with E-state index in [-0.39, 0.29) is 38.4 Å². The Morgan fingerprint density at radius 2 is 1.43 bits per heavy atom. The van der Waals surface area contributed by atoms with E-state index in [1.807, 2.05) is 60.7 Å². The lowest BCUT2D eigenvalue weighted by Gasteiger charge is -2.37. The highest BCUT2D eigenvalue weighted by Crippen LogP contribution is 2.19. The van der Waals surface area contributed by atoms with Crippen LogP contribution >= 0.6 is 0 Å². The van der Waals surface area contributed by atoms with E-state index in [4.69, 9.17) is 14.2 Å². The number of hydrogen-bond donors (Lipinski definition) is 1. The number of nitrogens with zero attached hydrogens (tertiary/aromatic N) is 2. The third-order valence-electron chi connectivity index (χ3n) is 5.83. The fourth-order valence-corrected chi connectivity index (χ4v) is 3.99. The SMILES string of the molecule is CC(C)(C)OC(=O)NCCN(C(=O)OCc1ccccc1)C1CCN(C(=O)OCc2ccccc2)CC1. The zero-order valence-electron chi connectivity index (χ0n) is 21.9. The lowest BCUT2D eigenvalue weighted by molar-refractivity contribution is 0.0445. The van der Waals surface area contributed by atoms with E-state index in [1.54, 1.807) is 30.6 Å². The molecule has 0 aliphatic carbocycles. The lowest BCUT2D eigenvalue weighted by Crippen LogP contribution is -2.51. The van der Waals surface area contributed by atoms with Gasteiger partial charge in [-0.3, -0.25) is 0 Å². The van der Waals surface area contributed by atoms with Crippen LogP contribution in [0.3, 0.4) is 0 Å². The molecule has 0 saturated carbocycles. The summed E-state index contributed by atoms with van der Waals surface area (Å²) < 4.78 is 16.3. The van der Waals surface area contributed by atoms with Crippen molar-refractivity contribution in [2.24, 2.45) is 0 Å². The quantitative estimate of drug-likeness (QED) is 0.504. The highest BCUT2D eigenvalue weighted by atomic mass is 16.6. The number of amides is 3. The van der Waals surface area contributed by atoms with E-state index in [9.17, 15) is 14.4 Å². The molecule has 3 rings (SSSR count). The van der Waals surface area contributed by atoms with Gasteiger partial charge in [0.05, 0.1) is 0 Å². The molecule has 0 bridgehead atoms. The minimum atomic E-state index is -0.611. The Hall–Kier alpha value is -3.75. The number of carbonyl (C=O) groups excluding carboxylic acids is 3. The van der Waals surface area contributed by atoms with Crippen LogP contribution in [0.4, 0.5) is 14.4 Å². The summed E-state index contributed by atoms with van der Waals surface area (Å²) in [4.78, 5) is 40.9. The van der Waals surface area contributed by atoms with E-state index in [1.165, 1.54) is 0 Å². The molecule has 0 radical (unpaired) electrons. The van der Waals surface area contributed by atoms with Gasteiger partial charge in [0.1, 0.15) is 18.8 Å². The molecule has 1 N–H and O–H groups in total. The monoisotopic (exact) mass is 511 g/mol. The number of nitrogens with one attached hydrogen (secondary N) is 1. The highest BCUT2D eigenvalue weighted by Gasteiger charge is 2.31. The molecule has 1 fully saturated rings. The molecule has 0 unspecified atom stereocenters. The summed E-state index contributed by atoms with van der Waals surface area (Å²) in [6.07, 6.45) is -0.214. The number of rotatable bonds is 8. The topological polar surface area (TPSA) is 97.4 Å². The van der Waals surface area contributed by atoms with E-state index in [2.05, 4.69) is 5.32 Å².